The second-order valence-electron chi connectivity index (χ2n) is 16.1. The number of phosphoric acid groups is 1. The van der Waals surface area contributed by atoms with E-state index in [4.69, 9.17) is 18.5 Å². The van der Waals surface area contributed by atoms with Gasteiger partial charge in [-0.2, -0.15) is 0 Å². The van der Waals surface area contributed by atoms with Crippen molar-refractivity contribution in [3.05, 3.63) is 48.6 Å². The number of phosphoric ester groups is 1. The second kappa shape index (κ2) is 38.5. The van der Waals surface area contributed by atoms with Gasteiger partial charge in [-0.25, -0.2) is 0 Å². The van der Waals surface area contributed by atoms with E-state index in [9.17, 15) is 19.0 Å². The van der Waals surface area contributed by atoms with Gasteiger partial charge in [0.05, 0.1) is 27.7 Å². The minimum Gasteiger partial charge on any atom is -0.756 e. The molecule has 0 aromatic heterocycles. The lowest BCUT2D eigenvalue weighted by Gasteiger charge is -2.28. The van der Waals surface area contributed by atoms with Crippen molar-refractivity contribution in [3.8, 4) is 0 Å². The van der Waals surface area contributed by atoms with E-state index in [2.05, 4.69) is 56.4 Å². The molecule has 0 N–H and O–H groups in total. The second-order valence-corrected chi connectivity index (χ2v) is 17.5. The third-order valence-corrected chi connectivity index (χ3v) is 10.3. The van der Waals surface area contributed by atoms with Crippen LogP contribution in [0.2, 0.25) is 0 Å². The van der Waals surface area contributed by atoms with Gasteiger partial charge in [-0.05, 0) is 51.4 Å². The Kier molecular flexibility index (Phi) is 37.1. The average molecular weight is 810 g/mol. The Balaban J connectivity index is 4.45. The highest BCUT2D eigenvalue weighted by Gasteiger charge is 2.21. The van der Waals surface area contributed by atoms with Crippen LogP contribution in [0.5, 0.6) is 0 Å². The highest BCUT2D eigenvalue weighted by Crippen LogP contribution is 2.38. The molecule has 2 atom stereocenters. The van der Waals surface area contributed by atoms with Gasteiger partial charge in [-0.15, -0.1) is 0 Å². The molecule has 0 saturated heterocycles. The lowest BCUT2D eigenvalue weighted by molar-refractivity contribution is -0.870. The van der Waals surface area contributed by atoms with Crippen LogP contribution in [0.15, 0.2) is 48.6 Å². The Labute approximate surface area is 343 Å². The first-order valence-electron chi connectivity index (χ1n) is 22.3. The number of esters is 2. The first kappa shape index (κ1) is 54.0. The fourth-order valence-corrected chi connectivity index (χ4v) is 6.55. The molecule has 0 aliphatic heterocycles. The van der Waals surface area contributed by atoms with Crippen LogP contribution in [0.1, 0.15) is 181 Å². The number of ether oxygens (including phenoxy) is 2. The summed E-state index contributed by atoms with van der Waals surface area (Å²) in [6.07, 6.45) is 44.3. The van der Waals surface area contributed by atoms with Crippen LogP contribution in [0.4, 0.5) is 0 Å². The Morgan fingerprint density at radius 1 is 0.554 bits per heavy atom. The number of quaternary nitrogens is 1. The van der Waals surface area contributed by atoms with Crippen molar-refractivity contribution < 1.29 is 42.1 Å². The lowest BCUT2D eigenvalue weighted by atomic mass is 10.0. The number of carbonyl (C=O) groups is 2. The largest absolute Gasteiger partial charge is 0.756 e. The van der Waals surface area contributed by atoms with E-state index in [1.54, 1.807) is 0 Å². The summed E-state index contributed by atoms with van der Waals surface area (Å²) in [6.45, 7) is 4.15. The zero-order valence-corrected chi connectivity index (χ0v) is 37.5. The van der Waals surface area contributed by atoms with E-state index < -0.39 is 32.5 Å². The van der Waals surface area contributed by atoms with Gasteiger partial charge in [-0.1, -0.05) is 165 Å². The van der Waals surface area contributed by atoms with Gasteiger partial charge in [0.25, 0.3) is 7.82 Å². The molecule has 326 valence electrons. The van der Waals surface area contributed by atoms with Crippen LogP contribution in [0, 0.1) is 0 Å². The molecule has 0 heterocycles. The Hall–Kier alpha value is -2.03. The highest BCUT2D eigenvalue weighted by molar-refractivity contribution is 7.45. The number of hydrogen-bond donors (Lipinski definition) is 0. The molecule has 56 heavy (non-hydrogen) atoms. The summed E-state index contributed by atoms with van der Waals surface area (Å²) in [5.41, 5.74) is 0. The molecule has 0 spiro atoms. The van der Waals surface area contributed by atoms with E-state index >= 15 is 0 Å². The van der Waals surface area contributed by atoms with Crippen LogP contribution in [0.3, 0.4) is 0 Å². The van der Waals surface area contributed by atoms with Crippen molar-refractivity contribution in [1.29, 1.82) is 0 Å². The van der Waals surface area contributed by atoms with Gasteiger partial charge in [0, 0.05) is 12.8 Å². The van der Waals surface area contributed by atoms with E-state index in [1.165, 1.54) is 103 Å². The number of rotatable bonds is 40. The Bertz CT molecular complexity index is 1100. The summed E-state index contributed by atoms with van der Waals surface area (Å²) >= 11 is 0. The molecule has 0 aromatic carbocycles. The fraction of sp³-hybridized carbons (Fsp3) is 0.783. The van der Waals surface area contributed by atoms with Gasteiger partial charge >= 0.3 is 11.9 Å². The third-order valence-electron chi connectivity index (χ3n) is 9.35. The summed E-state index contributed by atoms with van der Waals surface area (Å²) < 4.78 is 33.8. The third kappa shape index (κ3) is 41.6. The quantitative estimate of drug-likeness (QED) is 0.0198. The van der Waals surface area contributed by atoms with Crippen LogP contribution < -0.4 is 4.89 Å². The predicted molar refractivity (Wildman–Crippen MR) is 231 cm³/mol. The lowest BCUT2D eigenvalue weighted by Crippen LogP contribution is -2.37. The molecule has 0 aliphatic carbocycles. The van der Waals surface area contributed by atoms with E-state index in [1.807, 2.05) is 27.2 Å². The number of allylic oxidation sites excluding steroid dienone is 8. The van der Waals surface area contributed by atoms with Gasteiger partial charge in [0.2, 0.25) is 0 Å². The molecular weight excluding hydrogens is 725 g/mol. The highest BCUT2D eigenvalue weighted by atomic mass is 31.2. The number of carbonyl (C=O) groups excluding carboxylic acids is 2. The van der Waals surface area contributed by atoms with Gasteiger partial charge in [-0.3, -0.25) is 14.2 Å². The summed E-state index contributed by atoms with van der Waals surface area (Å²) in [5, 5.41) is 0. The standard InChI is InChI=1S/C46H84NO8P/c1-6-8-10-12-14-16-18-20-21-22-23-24-25-27-29-31-33-35-37-39-46(49)55-44(43-54-56(50,51)53-41-40-47(3,4)5)42-52-45(48)38-36-34-32-30-28-26-19-17-15-13-11-9-7-2/h18,20,22-23,25,27,31,33,44H,6-17,19,21,24,26,28-30,32,34-43H2,1-5H3/b20-18-,23-22-,27-25-,33-31-/t44-/m1/s1. The van der Waals surface area contributed by atoms with Crippen molar-refractivity contribution in [2.75, 3.05) is 47.5 Å². The number of nitrogens with zero attached hydrogens (tertiary/aromatic N) is 1. The maximum absolute atomic E-state index is 12.7. The predicted octanol–water partition coefficient (Wildman–Crippen LogP) is 12.1. The molecule has 1 unspecified atom stereocenters. The molecule has 10 heteroatoms. The summed E-state index contributed by atoms with van der Waals surface area (Å²) in [7, 11) is 1.13. The molecule has 9 nitrogen and oxygen atoms in total. The van der Waals surface area contributed by atoms with E-state index in [0.717, 1.165) is 38.5 Å². The van der Waals surface area contributed by atoms with E-state index in [-0.39, 0.29) is 26.1 Å². The molecule has 0 radical (unpaired) electrons. The smallest absolute Gasteiger partial charge is 0.306 e. The Morgan fingerprint density at radius 2 is 0.982 bits per heavy atom. The molecule has 0 aliphatic rings. The maximum atomic E-state index is 12.7. The first-order chi connectivity index (χ1) is 27.0. The summed E-state index contributed by atoms with van der Waals surface area (Å²) in [5.74, 6) is -0.899. The number of likely N-dealkylation sites (N-methyl/N-ethyl adjacent to an activating group) is 1. The molecular formula is C46H84NO8P. The molecule has 0 saturated carbocycles. The van der Waals surface area contributed by atoms with E-state index in [0.29, 0.717) is 23.9 Å². The normalized spacial score (nSPS) is 14.0. The molecule has 0 fully saturated rings. The molecule has 0 bridgehead atoms. The zero-order valence-electron chi connectivity index (χ0n) is 36.6. The van der Waals surface area contributed by atoms with Crippen LogP contribution in [-0.2, 0) is 32.7 Å². The van der Waals surface area contributed by atoms with Gasteiger partial charge < -0.3 is 27.9 Å². The minimum absolute atomic E-state index is 0.0413. The van der Waals surface area contributed by atoms with Crippen LogP contribution in [-0.4, -0.2) is 70.0 Å². The average Bonchev–Trinajstić information content (AvgIpc) is 3.15. The summed E-state index contributed by atoms with van der Waals surface area (Å²) in [6, 6.07) is 0. The Morgan fingerprint density at radius 3 is 1.48 bits per heavy atom. The van der Waals surface area contributed by atoms with Gasteiger partial charge in [0.1, 0.15) is 19.8 Å². The van der Waals surface area contributed by atoms with Crippen molar-refractivity contribution in [2.24, 2.45) is 0 Å². The first-order valence-corrected chi connectivity index (χ1v) is 23.8. The zero-order chi connectivity index (χ0) is 41.4. The number of unbranched alkanes of at least 4 members (excludes halogenated alkanes) is 18. The van der Waals surface area contributed by atoms with Crippen LogP contribution >= 0.6 is 7.82 Å². The monoisotopic (exact) mass is 810 g/mol. The van der Waals surface area contributed by atoms with Crippen molar-refractivity contribution in [3.63, 3.8) is 0 Å². The van der Waals surface area contributed by atoms with Crippen molar-refractivity contribution in [1.82, 2.24) is 0 Å². The molecule has 0 amide bonds. The topological polar surface area (TPSA) is 111 Å². The fourth-order valence-electron chi connectivity index (χ4n) is 5.82. The molecule has 0 aromatic rings. The number of hydrogen-bond acceptors (Lipinski definition) is 8. The van der Waals surface area contributed by atoms with Crippen LogP contribution in [0.25, 0.3) is 0 Å². The van der Waals surface area contributed by atoms with Crippen molar-refractivity contribution in [2.45, 2.75) is 187 Å². The minimum atomic E-state index is -4.64. The van der Waals surface area contributed by atoms with Gasteiger partial charge in [0.15, 0.2) is 6.10 Å². The molecule has 0 rings (SSSR count). The van der Waals surface area contributed by atoms with Crippen molar-refractivity contribution >= 4 is 19.8 Å². The SMILES string of the molecule is CCCCCCC/C=C\C/C=C\C/C=C\C/C=C\CCCC(=O)O[C@H](COC(=O)CCCCCCCCCCCCCCC)COP(=O)([O-])OCC[N+](C)(C)C. The summed E-state index contributed by atoms with van der Waals surface area (Å²) in [4.78, 5) is 37.5. The maximum Gasteiger partial charge on any atom is 0.306 e.